The summed E-state index contributed by atoms with van der Waals surface area (Å²) in [6, 6.07) is 34.2. The van der Waals surface area contributed by atoms with Gasteiger partial charge >= 0.3 is 0 Å². The summed E-state index contributed by atoms with van der Waals surface area (Å²) in [4.78, 5) is 6.86. The van der Waals surface area contributed by atoms with Gasteiger partial charge in [0.05, 0.1) is 18.3 Å². The van der Waals surface area contributed by atoms with E-state index in [0.717, 1.165) is 40.0 Å². The highest BCUT2D eigenvalue weighted by Crippen LogP contribution is 2.42. The molecular weight excluding hydrogens is 516 g/mol. The maximum absolute atomic E-state index is 6.08. The average molecular weight is 547 g/mol. The highest BCUT2D eigenvalue weighted by atomic mass is 32.1. The molecule has 0 bridgehead atoms. The monoisotopic (exact) mass is 546 g/mol. The zero-order chi connectivity index (χ0) is 27.5. The molecule has 40 heavy (non-hydrogen) atoms. The molecule has 0 amide bonds. The van der Waals surface area contributed by atoms with Crippen LogP contribution in [0.5, 0.6) is 17.2 Å². The molecule has 1 aliphatic heterocycles. The van der Waals surface area contributed by atoms with Gasteiger partial charge in [-0.15, -0.1) is 0 Å². The molecule has 0 aliphatic carbocycles. The van der Waals surface area contributed by atoms with E-state index < -0.39 is 0 Å². The smallest absolute Gasteiger partial charge is 0.174 e. The van der Waals surface area contributed by atoms with Crippen LogP contribution in [0.15, 0.2) is 116 Å². The Morgan fingerprint density at radius 2 is 1.48 bits per heavy atom. The summed E-state index contributed by atoms with van der Waals surface area (Å²) < 4.78 is 13.9. The van der Waals surface area contributed by atoms with Crippen molar-refractivity contribution in [3.05, 3.63) is 132 Å². The molecule has 0 saturated carbocycles. The molecule has 200 valence electrons. The summed E-state index contributed by atoms with van der Waals surface area (Å²) in [6.07, 6.45) is 3.90. The number of pyridine rings is 1. The molecule has 0 radical (unpaired) electrons. The minimum Gasteiger partial charge on any atom is -0.494 e. The SMILES string of the molecule is CCOc1ccc(-n2cccc2C2C(c3ccccn3)NC(=S)N2c2ccc(Oc3ccc(C)cc3)cc2)cc1. The average Bonchev–Trinajstić information content (AvgIpc) is 3.60. The molecule has 0 spiro atoms. The van der Waals surface area contributed by atoms with Gasteiger partial charge in [-0.25, -0.2) is 0 Å². The number of thiocarbonyl (C=S) groups is 1. The topological polar surface area (TPSA) is 51.5 Å². The molecule has 1 N–H and O–H groups in total. The Morgan fingerprint density at radius 3 is 2.15 bits per heavy atom. The van der Waals surface area contributed by atoms with Gasteiger partial charge in [0.15, 0.2) is 5.11 Å². The van der Waals surface area contributed by atoms with E-state index in [0.29, 0.717) is 11.7 Å². The van der Waals surface area contributed by atoms with Gasteiger partial charge in [0.25, 0.3) is 0 Å². The Labute approximate surface area is 239 Å². The number of nitrogens with one attached hydrogen (secondary N) is 1. The lowest BCUT2D eigenvalue weighted by molar-refractivity contribution is 0.340. The van der Waals surface area contributed by atoms with Gasteiger partial charge in [-0.2, -0.15) is 0 Å². The molecule has 3 aromatic carbocycles. The summed E-state index contributed by atoms with van der Waals surface area (Å²) in [5, 5.41) is 4.20. The summed E-state index contributed by atoms with van der Waals surface area (Å²) in [7, 11) is 0. The molecule has 6 nitrogen and oxygen atoms in total. The maximum atomic E-state index is 6.08. The minimum atomic E-state index is -0.146. The van der Waals surface area contributed by atoms with Crippen molar-refractivity contribution in [3.8, 4) is 22.9 Å². The summed E-state index contributed by atoms with van der Waals surface area (Å²) in [6.45, 7) is 4.68. The number of hydrogen-bond donors (Lipinski definition) is 1. The summed E-state index contributed by atoms with van der Waals surface area (Å²) >= 11 is 5.94. The first kappa shape index (κ1) is 25.6. The fraction of sp³-hybridized carbons (Fsp3) is 0.152. The second kappa shape index (κ2) is 11.2. The van der Waals surface area contributed by atoms with Crippen LogP contribution >= 0.6 is 12.2 Å². The van der Waals surface area contributed by atoms with Crippen molar-refractivity contribution in [1.29, 1.82) is 0 Å². The van der Waals surface area contributed by atoms with E-state index in [4.69, 9.17) is 26.7 Å². The quantitative estimate of drug-likeness (QED) is 0.203. The Kier molecular flexibility index (Phi) is 7.21. The number of benzene rings is 3. The van der Waals surface area contributed by atoms with E-state index in [2.05, 4.69) is 64.3 Å². The van der Waals surface area contributed by atoms with E-state index in [-0.39, 0.29) is 12.1 Å². The number of nitrogens with zero attached hydrogens (tertiary/aromatic N) is 3. The van der Waals surface area contributed by atoms with Gasteiger partial charge in [0, 0.05) is 29.5 Å². The lowest BCUT2D eigenvalue weighted by atomic mass is 10.0. The molecular formula is C33H30N4O2S. The lowest BCUT2D eigenvalue weighted by Crippen LogP contribution is -2.30. The first-order chi connectivity index (χ1) is 19.6. The van der Waals surface area contributed by atoms with Crippen LogP contribution in [0.25, 0.3) is 5.69 Å². The molecule has 1 fully saturated rings. The van der Waals surface area contributed by atoms with Crippen LogP contribution in [-0.4, -0.2) is 21.3 Å². The third kappa shape index (κ3) is 5.16. The van der Waals surface area contributed by atoms with Crippen LogP contribution in [0.1, 0.15) is 36.0 Å². The van der Waals surface area contributed by atoms with Crippen molar-refractivity contribution < 1.29 is 9.47 Å². The fourth-order valence-electron chi connectivity index (χ4n) is 5.09. The second-order valence-corrected chi connectivity index (χ2v) is 10.0. The Balaban J connectivity index is 1.37. The van der Waals surface area contributed by atoms with Crippen LogP contribution in [0, 0.1) is 6.92 Å². The van der Waals surface area contributed by atoms with Crippen LogP contribution in [0.2, 0.25) is 0 Å². The van der Waals surface area contributed by atoms with Crippen LogP contribution < -0.4 is 19.7 Å². The van der Waals surface area contributed by atoms with Gasteiger partial charge in [-0.05, 0) is 111 Å². The molecule has 2 unspecified atom stereocenters. The minimum absolute atomic E-state index is 0.145. The number of rotatable bonds is 8. The highest BCUT2D eigenvalue weighted by Gasteiger charge is 2.42. The largest absolute Gasteiger partial charge is 0.494 e. The van der Waals surface area contributed by atoms with Crippen molar-refractivity contribution in [2.24, 2.45) is 0 Å². The Hall–Kier alpha value is -4.62. The normalized spacial score (nSPS) is 16.6. The predicted molar refractivity (Wildman–Crippen MR) is 163 cm³/mol. The number of hydrogen-bond acceptors (Lipinski definition) is 4. The number of aromatic nitrogens is 2. The standard InChI is InChI=1S/C33H30N4O2S/c1-3-38-26-17-11-24(12-18-26)36-22-6-8-30(36)32-31(29-7-4-5-21-34-29)35-33(40)37(32)25-13-19-28(20-14-25)39-27-15-9-23(2)10-16-27/h4-22,31-32H,3H2,1-2H3,(H,35,40). The van der Waals surface area contributed by atoms with E-state index >= 15 is 0 Å². The number of aryl methyl sites for hydroxylation is 1. The third-order valence-corrected chi connectivity index (χ3v) is 7.29. The van der Waals surface area contributed by atoms with Crippen molar-refractivity contribution >= 4 is 23.0 Å². The zero-order valence-corrected chi connectivity index (χ0v) is 23.2. The zero-order valence-electron chi connectivity index (χ0n) is 22.4. The predicted octanol–water partition coefficient (Wildman–Crippen LogP) is 7.55. The Bertz CT molecular complexity index is 1580. The molecule has 5 aromatic rings. The van der Waals surface area contributed by atoms with Crippen LogP contribution in [0.4, 0.5) is 5.69 Å². The van der Waals surface area contributed by atoms with Crippen molar-refractivity contribution in [1.82, 2.24) is 14.9 Å². The molecule has 1 aliphatic rings. The van der Waals surface area contributed by atoms with Gasteiger partial charge in [0.2, 0.25) is 0 Å². The van der Waals surface area contributed by atoms with Crippen LogP contribution in [-0.2, 0) is 0 Å². The molecule has 7 heteroatoms. The number of ether oxygens (including phenoxy) is 2. The Morgan fingerprint density at radius 1 is 0.800 bits per heavy atom. The van der Waals surface area contributed by atoms with Crippen molar-refractivity contribution in [3.63, 3.8) is 0 Å². The second-order valence-electron chi connectivity index (χ2n) is 9.64. The molecule has 2 aromatic heterocycles. The molecule has 1 saturated heterocycles. The summed E-state index contributed by atoms with van der Waals surface area (Å²) in [5.41, 5.74) is 5.23. The number of anilines is 1. The van der Waals surface area contributed by atoms with Crippen LogP contribution in [0.3, 0.4) is 0 Å². The molecule has 6 rings (SSSR count). The van der Waals surface area contributed by atoms with Crippen molar-refractivity contribution in [2.75, 3.05) is 11.5 Å². The fourth-order valence-corrected chi connectivity index (χ4v) is 5.44. The van der Waals surface area contributed by atoms with Gasteiger partial charge in [-0.3, -0.25) is 4.98 Å². The first-order valence-electron chi connectivity index (χ1n) is 13.4. The van der Waals surface area contributed by atoms with Gasteiger partial charge < -0.3 is 24.3 Å². The van der Waals surface area contributed by atoms with E-state index in [1.54, 1.807) is 0 Å². The summed E-state index contributed by atoms with van der Waals surface area (Å²) in [5.74, 6) is 2.42. The molecule has 3 heterocycles. The highest BCUT2D eigenvalue weighted by molar-refractivity contribution is 7.80. The first-order valence-corrected chi connectivity index (χ1v) is 13.8. The van der Waals surface area contributed by atoms with Crippen molar-refractivity contribution in [2.45, 2.75) is 25.9 Å². The van der Waals surface area contributed by atoms with E-state index in [9.17, 15) is 0 Å². The lowest BCUT2D eigenvalue weighted by Gasteiger charge is -2.29. The van der Waals surface area contributed by atoms with E-state index in [1.807, 2.05) is 79.9 Å². The van der Waals surface area contributed by atoms with E-state index in [1.165, 1.54) is 5.56 Å². The maximum Gasteiger partial charge on any atom is 0.174 e. The van der Waals surface area contributed by atoms with Gasteiger partial charge in [0.1, 0.15) is 23.3 Å². The third-order valence-electron chi connectivity index (χ3n) is 6.98. The molecule has 2 atom stereocenters. The van der Waals surface area contributed by atoms with Gasteiger partial charge in [-0.1, -0.05) is 23.8 Å².